The first-order valence-electron chi connectivity index (χ1n) is 8.98. The fourth-order valence-electron chi connectivity index (χ4n) is 4.82. The molecule has 0 atom stereocenters. The van der Waals surface area contributed by atoms with Gasteiger partial charge in [0.2, 0.25) is 0 Å². The molecule has 0 spiro atoms. The maximum Gasteiger partial charge on any atom is 0.0798 e. The lowest BCUT2D eigenvalue weighted by Gasteiger charge is -2.01. The van der Waals surface area contributed by atoms with Crippen LogP contribution in [0.5, 0.6) is 0 Å². The summed E-state index contributed by atoms with van der Waals surface area (Å²) in [6.45, 7) is 0. The Balaban J connectivity index is 1.97. The summed E-state index contributed by atoms with van der Waals surface area (Å²) in [5.74, 6) is 0. The topological polar surface area (TPSA) is 20.2 Å². The molecule has 0 amide bonds. The van der Waals surface area contributed by atoms with Gasteiger partial charge in [-0.25, -0.2) is 0 Å². The Labute approximate surface area is 148 Å². The number of fused-ring (bicyclic) bond motifs is 10. The van der Waals surface area contributed by atoms with Crippen molar-refractivity contribution in [3.8, 4) is 0 Å². The highest BCUT2D eigenvalue weighted by Crippen LogP contribution is 2.44. The minimum Gasteiger partial charge on any atom is -0.353 e. The van der Waals surface area contributed by atoms with E-state index in [0.717, 1.165) is 0 Å². The van der Waals surface area contributed by atoms with Crippen LogP contribution in [0.2, 0.25) is 0 Å². The Morgan fingerprint density at radius 2 is 1.35 bits per heavy atom. The third-order valence-corrected chi connectivity index (χ3v) is 5.83. The Hall–Kier alpha value is -3.52. The molecular formula is C24H14N2. The first-order chi connectivity index (χ1) is 12.9. The maximum atomic E-state index is 3.68. The summed E-state index contributed by atoms with van der Waals surface area (Å²) in [5, 5.41) is 7.91. The van der Waals surface area contributed by atoms with Gasteiger partial charge in [0.25, 0.3) is 0 Å². The molecule has 0 radical (unpaired) electrons. The van der Waals surface area contributed by atoms with Crippen molar-refractivity contribution < 1.29 is 0 Å². The van der Waals surface area contributed by atoms with Gasteiger partial charge in [-0.15, -0.1) is 0 Å². The zero-order valence-corrected chi connectivity index (χ0v) is 14.0. The summed E-state index contributed by atoms with van der Waals surface area (Å²) in [4.78, 5) is 3.68. The molecule has 3 aromatic heterocycles. The fraction of sp³-hybridized carbons (Fsp3) is 0. The highest BCUT2D eigenvalue weighted by Gasteiger charge is 2.21. The Bertz CT molecular complexity index is 1630. The number of nitrogens with zero attached hydrogens (tertiary/aromatic N) is 1. The lowest BCUT2D eigenvalue weighted by atomic mass is 10.0. The number of hydrogen-bond donors (Lipinski definition) is 1. The molecule has 0 aliphatic carbocycles. The van der Waals surface area contributed by atoms with Crippen LogP contribution in [0.3, 0.4) is 0 Å². The zero-order valence-electron chi connectivity index (χ0n) is 14.0. The van der Waals surface area contributed by atoms with Crippen LogP contribution < -0.4 is 0 Å². The van der Waals surface area contributed by atoms with Crippen molar-refractivity contribution in [2.45, 2.75) is 0 Å². The molecule has 4 aromatic carbocycles. The van der Waals surface area contributed by atoms with Gasteiger partial charge in [-0.05, 0) is 29.0 Å². The van der Waals surface area contributed by atoms with E-state index in [2.05, 4.69) is 88.2 Å². The van der Waals surface area contributed by atoms with Crippen LogP contribution in [-0.2, 0) is 0 Å². The van der Waals surface area contributed by atoms with Crippen LogP contribution in [0.25, 0.3) is 59.9 Å². The number of rotatable bonds is 0. The minimum atomic E-state index is 1.20. The molecule has 2 nitrogen and oxygen atoms in total. The average Bonchev–Trinajstić information content (AvgIpc) is 3.32. The molecule has 0 bridgehead atoms. The zero-order chi connectivity index (χ0) is 16.8. The largest absolute Gasteiger partial charge is 0.353 e. The molecule has 7 rings (SSSR count). The summed E-state index contributed by atoms with van der Waals surface area (Å²) < 4.78 is 2.46. The number of nitrogens with one attached hydrogen (secondary N) is 1. The van der Waals surface area contributed by atoms with E-state index in [-0.39, 0.29) is 0 Å². The standard InChI is InChI=1S/C24H14N2/c1-2-8-15-14(7-1)13-18-22-24(16-9-3-5-11-19(16)25-22)26-20-12-6-4-10-17(20)21(15)23(18)26/h1-13,25H. The lowest BCUT2D eigenvalue weighted by Crippen LogP contribution is -1.79. The molecule has 0 aliphatic heterocycles. The van der Waals surface area contributed by atoms with E-state index in [1.54, 1.807) is 0 Å². The molecule has 0 unspecified atom stereocenters. The normalized spacial score (nSPS) is 12.6. The van der Waals surface area contributed by atoms with Gasteiger partial charge >= 0.3 is 0 Å². The van der Waals surface area contributed by atoms with E-state index in [4.69, 9.17) is 0 Å². The van der Waals surface area contributed by atoms with Gasteiger partial charge in [-0.1, -0.05) is 60.7 Å². The first-order valence-corrected chi connectivity index (χ1v) is 8.98. The smallest absolute Gasteiger partial charge is 0.0798 e. The molecule has 26 heavy (non-hydrogen) atoms. The van der Waals surface area contributed by atoms with Gasteiger partial charge in [0, 0.05) is 27.1 Å². The van der Waals surface area contributed by atoms with E-state index in [1.165, 1.54) is 59.9 Å². The SMILES string of the molecule is c1ccc2c(c1)cc1c3[nH]c4ccccc4c3n3c4ccccc4c2c13. The van der Waals surface area contributed by atoms with Crippen molar-refractivity contribution in [2.75, 3.05) is 0 Å². The van der Waals surface area contributed by atoms with Gasteiger partial charge in [0.05, 0.1) is 22.1 Å². The van der Waals surface area contributed by atoms with Crippen molar-refractivity contribution >= 4 is 59.9 Å². The number of para-hydroxylation sites is 2. The van der Waals surface area contributed by atoms with Crippen LogP contribution in [0.1, 0.15) is 0 Å². The molecule has 0 fully saturated rings. The van der Waals surface area contributed by atoms with Crippen LogP contribution in [0, 0.1) is 0 Å². The van der Waals surface area contributed by atoms with Gasteiger partial charge in [-0.3, -0.25) is 0 Å². The van der Waals surface area contributed by atoms with Gasteiger partial charge in [-0.2, -0.15) is 0 Å². The summed E-state index contributed by atoms with van der Waals surface area (Å²) >= 11 is 0. The molecule has 0 saturated heterocycles. The van der Waals surface area contributed by atoms with E-state index < -0.39 is 0 Å². The fourth-order valence-corrected chi connectivity index (χ4v) is 4.82. The molecule has 7 aromatic rings. The monoisotopic (exact) mass is 330 g/mol. The Morgan fingerprint density at radius 1 is 0.615 bits per heavy atom. The molecular weight excluding hydrogens is 316 g/mol. The number of benzene rings is 4. The van der Waals surface area contributed by atoms with Crippen LogP contribution in [-0.4, -0.2) is 9.38 Å². The van der Waals surface area contributed by atoms with E-state index in [0.29, 0.717) is 0 Å². The number of H-pyrrole nitrogens is 1. The van der Waals surface area contributed by atoms with Crippen molar-refractivity contribution in [3.63, 3.8) is 0 Å². The Kier molecular flexibility index (Phi) is 2.05. The molecule has 120 valence electrons. The highest BCUT2D eigenvalue weighted by atomic mass is 14.9. The third-order valence-electron chi connectivity index (χ3n) is 5.83. The summed E-state index contributed by atoms with van der Waals surface area (Å²) in [5.41, 5.74) is 6.34. The quantitative estimate of drug-likeness (QED) is 0.329. The summed E-state index contributed by atoms with van der Waals surface area (Å²) in [6.07, 6.45) is 0. The van der Waals surface area contributed by atoms with E-state index in [9.17, 15) is 0 Å². The van der Waals surface area contributed by atoms with Crippen molar-refractivity contribution in [1.29, 1.82) is 0 Å². The van der Waals surface area contributed by atoms with E-state index in [1.807, 2.05) is 0 Å². The molecule has 0 aliphatic rings. The second-order valence-corrected chi connectivity index (χ2v) is 7.12. The van der Waals surface area contributed by atoms with Gasteiger partial charge < -0.3 is 9.38 Å². The number of aromatic nitrogens is 2. The number of hydrogen-bond acceptors (Lipinski definition) is 0. The lowest BCUT2D eigenvalue weighted by molar-refractivity contribution is 1.38. The van der Waals surface area contributed by atoms with Crippen molar-refractivity contribution in [2.24, 2.45) is 0 Å². The van der Waals surface area contributed by atoms with Crippen molar-refractivity contribution in [1.82, 2.24) is 9.38 Å². The second kappa shape index (κ2) is 4.17. The van der Waals surface area contributed by atoms with Crippen LogP contribution in [0.15, 0.2) is 78.9 Å². The van der Waals surface area contributed by atoms with Gasteiger partial charge in [0.15, 0.2) is 0 Å². The average molecular weight is 330 g/mol. The predicted octanol–water partition coefficient (Wildman–Crippen LogP) is 6.47. The first kappa shape index (κ1) is 12.8. The highest BCUT2D eigenvalue weighted by molar-refractivity contribution is 6.33. The van der Waals surface area contributed by atoms with Crippen LogP contribution >= 0.6 is 0 Å². The van der Waals surface area contributed by atoms with Crippen LogP contribution in [0.4, 0.5) is 0 Å². The molecule has 3 heterocycles. The molecule has 2 heteroatoms. The van der Waals surface area contributed by atoms with Gasteiger partial charge in [0.1, 0.15) is 0 Å². The number of aromatic amines is 1. The molecule has 0 saturated carbocycles. The van der Waals surface area contributed by atoms with E-state index >= 15 is 0 Å². The second-order valence-electron chi connectivity index (χ2n) is 7.12. The third kappa shape index (κ3) is 1.29. The van der Waals surface area contributed by atoms with Crippen molar-refractivity contribution in [3.05, 3.63) is 78.9 Å². The summed E-state index contributed by atoms with van der Waals surface area (Å²) in [7, 11) is 0. The molecule has 1 N–H and O–H groups in total. The maximum absolute atomic E-state index is 3.68. The minimum absolute atomic E-state index is 1.20. The predicted molar refractivity (Wildman–Crippen MR) is 110 cm³/mol. The Morgan fingerprint density at radius 3 is 2.27 bits per heavy atom. The summed E-state index contributed by atoms with van der Waals surface area (Å²) in [6, 6.07) is 28.5.